The molecule has 20 heavy (non-hydrogen) atoms. The Labute approximate surface area is 123 Å². The molecule has 0 aromatic carbocycles. The molecule has 0 aliphatic heterocycles. The molecule has 0 saturated carbocycles. The third-order valence-corrected chi connectivity index (χ3v) is 3.96. The summed E-state index contributed by atoms with van der Waals surface area (Å²) in [5.74, 6) is -0.556. The summed E-state index contributed by atoms with van der Waals surface area (Å²) >= 11 is 1.31. The van der Waals surface area contributed by atoms with Gasteiger partial charge in [0.2, 0.25) is 0 Å². The summed E-state index contributed by atoms with van der Waals surface area (Å²) in [6, 6.07) is 1.92. The van der Waals surface area contributed by atoms with E-state index < -0.39 is 5.97 Å². The third kappa shape index (κ3) is 5.17. The molecule has 1 atom stereocenters. The van der Waals surface area contributed by atoms with Crippen molar-refractivity contribution in [1.29, 1.82) is 0 Å². The lowest BCUT2D eigenvalue weighted by Crippen LogP contribution is -2.32. The molecule has 4 nitrogen and oxygen atoms in total. The van der Waals surface area contributed by atoms with E-state index in [2.05, 4.69) is 19.2 Å². The Kier molecular flexibility index (Phi) is 5.95. The number of rotatable bonds is 6. The van der Waals surface area contributed by atoms with Gasteiger partial charge < -0.3 is 10.4 Å². The molecule has 0 aliphatic rings. The van der Waals surface area contributed by atoms with Crippen LogP contribution in [0.1, 0.15) is 47.3 Å². The number of aryl methyl sites for hydroxylation is 1. The molecule has 0 saturated heterocycles. The van der Waals surface area contributed by atoms with Gasteiger partial charge in [0.05, 0.1) is 4.88 Å². The maximum Gasteiger partial charge on any atom is 0.328 e. The van der Waals surface area contributed by atoms with E-state index in [0.717, 1.165) is 22.9 Å². The van der Waals surface area contributed by atoms with Crippen LogP contribution in [-0.2, 0) is 4.79 Å². The van der Waals surface area contributed by atoms with Crippen molar-refractivity contribution in [3.05, 3.63) is 27.5 Å². The van der Waals surface area contributed by atoms with Gasteiger partial charge in [0.25, 0.3) is 5.91 Å². The predicted molar refractivity (Wildman–Crippen MR) is 82.1 cm³/mol. The highest BCUT2D eigenvalue weighted by Gasteiger charge is 2.14. The highest BCUT2D eigenvalue weighted by molar-refractivity contribution is 7.15. The predicted octanol–water partition coefficient (Wildman–Crippen LogP) is 3.32. The van der Waals surface area contributed by atoms with E-state index in [1.165, 1.54) is 17.4 Å². The smallest absolute Gasteiger partial charge is 0.328 e. The molecule has 1 rings (SSSR count). The number of carbonyl (C=O) groups is 2. The zero-order valence-electron chi connectivity index (χ0n) is 12.3. The molecule has 1 aromatic heterocycles. The number of carbonyl (C=O) groups excluding carboxylic acids is 1. The summed E-state index contributed by atoms with van der Waals surface area (Å²) in [5, 5.41) is 11.6. The number of aliphatic carboxylic acids is 1. The third-order valence-electron chi connectivity index (χ3n) is 2.76. The zero-order chi connectivity index (χ0) is 15.3. The van der Waals surface area contributed by atoms with E-state index >= 15 is 0 Å². The van der Waals surface area contributed by atoms with E-state index in [1.807, 2.05) is 13.8 Å². The monoisotopic (exact) mass is 295 g/mol. The van der Waals surface area contributed by atoms with Crippen LogP contribution in [0.4, 0.5) is 0 Å². The van der Waals surface area contributed by atoms with Crippen LogP contribution in [-0.4, -0.2) is 23.0 Å². The first-order chi connectivity index (χ1) is 9.29. The molecule has 0 radical (unpaired) electrons. The molecule has 5 heteroatoms. The molecular weight excluding hydrogens is 274 g/mol. The summed E-state index contributed by atoms with van der Waals surface area (Å²) < 4.78 is 0. The van der Waals surface area contributed by atoms with Crippen LogP contribution in [0.2, 0.25) is 0 Å². The number of thiophene rings is 1. The Bertz CT molecular complexity index is 517. The standard InChI is InChI=1S/C15H21NO3S/c1-9(2)7-11(4)16-15(19)13-8-10(3)12(20-13)5-6-14(17)18/h5-6,8-9,11H,7H2,1-4H3,(H,16,19)(H,17,18)/b6-5+. The summed E-state index contributed by atoms with van der Waals surface area (Å²) in [4.78, 5) is 24.0. The highest BCUT2D eigenvalue weighted by atomic mass is 32.1. The molecule has 1 heterocycles. The Balaban J connectivity index is 2.75. The van der Waals surface area contributed by atoms with Gasteiger partial charge in [-0.15, -0.1) is 11.3 Å². The van der Waals surface area contributed by atoms with E-state index in [-0.39, 0.29) is 11.9 Å². The van der Waals surface area contributed by atoms with Gasteiger partial charge in [0.1, 0.15) is 0 Å². The summed E-state index contributed by atoms with van der Waals surface area (Å²) in [7, 11) is 0. The van der Waals surface area contributed by atoms with Gasteiger partial charge in [-0.25, -0.2) is 4.79 Å². The molecule has 1 amide bonds. The summed E-state index contributed by atoms with van der Waals surface area (Å²) in [5.41, 5.74) is 0.911. The van der Waals surface area contributed by atoms with Crippen molar-refractivity contribution < 1.29 is 14.7 Å². The minimum absolute atomic E-state index is 0.0961. The van der Waals surface area contributed by atoms with Crippen molar-refractivity contribution in [1.82, 2.24) is 5.32 Å². The summed E-state index contributed by atoms with van der Waals surface area (Å²) in [6.07, 6.45) is 3.54. The van der Waals surface area contributed by atoms with Crippen molar-refractivity contribution in [2.75, 3.05) is 0 Å². The molecule has 2 N–H and O–H groups in total. The molecule has 0 fully saturated rings. The van der Waals surface area contributed by atoms with Gasteiger partial charge in [-0.1, -0.05) is 13.8 Å². The average molecular weight is 295 g/mol. The maximum absolute atomic E-state index is 12.1. The van der Waals surface area contributed by atoms with Gasteiger partial charge in [-0.3, -0.25) is 4.79 Å². The minimum Gasteiger partial charge on any atom is -0.478 e. The van der Waals surface area contributed by atoms with Gasteiger partial charge in [0, 0.05) is 17.0 Å². The van der Waals surface area contributed by atoms with Gasteiger partial charge in [0.15, 0.2) is 0 Å². The second kappa shape index (κ2) is 7.24. The van der Waals surface area contributed by atoms with Crippen LogP contribution in [0.3, 0.4) is 0 Å². The van der Waals surface area contributed by atoms with Crippen molar-refractivity contribution in [3.63, 3.8) is 0 Å². The number of hydrogen-bond donors (Lipinski definition) is 2. The highest BCUT2D eigenvalue weighted by Crippen LogP contribution is 2.23. The first-order valence-corrected chi connectivity index (χ1v) is 7.43. The number of carboxylic acids is 1. The number of nitrogens with one attached hydrogen (secondary N) is 1. The van der Waals surface area contributed by atoms with Crippen LogP contribution in [0.15, 0.2) is 12.1 Å². The SMILES string of the molecule is Cc1cc(C(=O)NC(C)CC(C)C)sc1/C=C/C(=O)O. The van der Waals surface area contributed by atoms with E-state index in [1.54, 1.807) is 6.07 Å². The first kappa shape index (κ1) is 16.4. The van der Waals surface area contributed by atoms with Crippen molar-refractivity contribution in [3.8, 4) is 0 Å². The van der Waals surface area contributed by atoms with Crippen LogP contribution >= 0.6 is 11.3 Å². The second-order valence-electron chi connectivity index (χ2n) is 5.33. The van der Waals surface area contributed by atoms with Crippen molar-refractivity contribution in [2.24, 2.45) is 5.92 Å². The van der Waals surface area contributed by atoms with Gasteiger partial charge >= 0.3 is 5.97 Å². The summed E-state index contributed by atoms with van der Waals surface area (Å²) in [6.45, 7) is 8.09. The van der Waals surface area contributed by atoms with Crippen molar-refractivity contribution in [2.45, 2.75) is 40.2 Å². The fraction of sp³-hybridized carbons (Fsp3) is 0.467. The van der Waals surface area contributed by atoms with E-state index in [4.69, 9.17) is 5.11 Å². The van der Waals surface area contributed by atoms with Crippen LogP contribution in [0.25, 0.3) is 6.08 Å². The molecular formula is C15H21NO3S. The van der Waals surface area contributed by atoms with Gasteiger partial charge in [-0.2, -0.15) is 0 Å². The molecule has 0 aliphatic carbocycles. The lowest BCUT2D eigenvalue weighted by molar-refractivity contribution is -0.131. The van der Waals surface area contributed by atoms with Crippen LogP contribution in [0, 0.1) is 12.8 Å². The minimum atomic E-state index is -0.991. The molecule has 0 bridgehead atoms. The van der Waals surface area contributed by atoms with Crippen LogP contribution in [0.5, 0.6) is 0 Å². The lowest BCUT2D eigenvalue weighted by Gasteiger charge is -2.15. The largest absolute Gasteiger partial charge is 0.478 e. The quantitative estimate of drug-likeness (QED) is 0.791. The zero-order valence-corrected chi connectivity index (χ0v) is 13.1. The number of amides is 1. The Morgan fingerprint density at radius 2 is 2.05 bits per heavy atom. The van der Waals surface area contributed by atoms with Crippen molar-refractivity contribution >= 4 is 29.3 Å². The fourth-order valence-corrected chi connectivity index (χ4v) is 2.96. The molecule has 1 aromatic rings. The number of carboxylic acid groups (broad SMARTS) is 1. The molecule has 110 valence electrons. The number of hydrogen-bond acceptors (Lipinski definition) is 3. The topological polar surface area (TPSA) is 66.4 Å². The maximum atomic E-state index is 12.1. The molecule has 0 spiro atoms. The average Bonchev–Trinajstić information content (AvgIpc) is 2.66. The second-order valence-corrected chi connectivity index (χ2v) is 6.42. The normalized spacial score (nSPS) is 12.8. The first-order valence-electron chi connectivity index (χ1n) is 6.62. The van der Waals surface area contributed by atoms with Gasteiger partial charge in [-0.05, 0) is 43.9 Å². The molecule has 1 unspecified atom stereocenters. The Hall–Kier alpha value is -1.62. The van der Waals surface area contributed by atoms with Crippen LogP contribution < -0.4 is 5.32 Å². The van der Waals surface area contributed by atoms with E-state index in [9.17, 15) is 9.59 Å². The fourth-order valence-electron chi connectivity index (χ4n) is 1.98. The Morgan fingerprint density at radius 1 is 1.40 bits per heavy atom. The lowest BCUT2D eigenvalue weighted by atomic mass is 10.1. The Morgan fingerprint density at radius 3 is 2.60 bits per heavy atom. The van der Waals surface area contributed by atoms with E-state index in [0.29, 0.717) is 10.8 Å².